The lowest BCUT2D eigenvalue weighted by molar-refractivity contribution is -0.155. The molecule has 0 bridgehead atoms. The zero-order valence-corrected chi connectivity index (χ0v) is 21.1. The van der Waals surface area contributed by atoms with Crippen LogP contribution in [0, 0.1) is 0 Å². The maximum Gasteiger partial charge on any atom is 0.366 e. The van der Waals surface area contributed by atoms with Crippen LogP contribution in [0.15, 0.2) is 56.8 Å². The van der Waals surface area contributed by atoms with Gasteiger partial charge in [-0.3, -0.25) is 9.69 Å². The summed E-state index contributed by atoms with van der Waals surface area (Å²) in [5, 5.41) is 2.37. The molecule has 9 nitrogen and oxygen atoms in total. The zero-order valence-electron chi connectivity index (χ0n) is 18.7. The molecule has 2 aliphatic heterocycles. The number of benzene rings is 1. The van der Waals surface area contributed by atoms with Crippen LogP contribution in [0.4, 0.5) is 0 Å². The van der Waals surface area contributed by atoms with E-state index < -0.39 is 38.7 Å². The molecular formula is C22H23BrN2O7S. The van der Waals surface area contributed by atoms with Gasteiger partial charge in [0.05, 0.1) is 22.6 Å². The molecule has 176 valence electrons. The monoisotopic (exact) mass is 538 g/mol. The first kappa shape index (κ1) is 24.8. The molecule has 0 N–H and O–H groups in total. The zero-order chi connectivity index (χ0) is 24.7. The molecule has 0 saturated carbocycles. The lowest BCUT2D eigenvalue weighted by atomic mass is 10.0. The number of carbonyl (C=O) groups is 3. The summed E-state index contributed by atoms with van der Waals surface area (Å²) >= 11 is 3.24. The first-order valence-electron chi connectivity index (χ1n) is 9.93. The quantitative estimate of drug-likeness (QED) is 0.144. The van der Waals surface area contributed by atoms with Gasteiger partial charge in [-0.2, -0.15) is 0 Å². The third kappa shape index (κ3) is 5.09. The molecular weight excluding hydrogens is 516 g/mol. The van der Waals surface area contributed by atoms with E-state index in [2.05, 4.69) is 21.1 Å². The molecule has 1 amide bonds. The lowest BCUT2D eigenvalue weighted by Gasteiger charge is -2.45. The number of allylic oxidation sites excluding steroid dienone is 1. The summed E-state index contributed by atoms with van der Waals surface area (Å²) in [5.41, 5.74) is -0.350. The van der Waals surface area contributed by atoms with Crippen LogP contribution in [0.1, 0.15) is 45.0 Å². The average molecular weight is 539 g/mol. The number of sulfone groups is 1. The third-order valence-corrected chi connectivity index (χ3v) is 7.36. The molecule has 1 fully saturated rings. The predicted molar refractivity (Wildman–Crippen MR) is 124 cm³/mol. The van der Waals surface area contributed by atoms with Crippen molar-refractivity contribution in [2.24, 2.45) is 5.16 Å². The second-order valence-corrected chi connectivity index (χ2v) is 11.6. The number of β-lactam (4-membered cyclic amide) rings is 1. The molecule has 1 atom stereocenters. The number of hydrogen-bond acceptors (Lipinski definition) is 8. The smallest absolute Gasteiger partial charge is 0.366 e. The second-order valence-electron chi connectivity index (χ2n) is 8.66. The van der Waals surface area contributed by atoms with Gasteiger partial charge < -0.3 is 9.57 Å². The van der Waals surface area contributed by atoms with Crippen LogP contribution in [-0.2, 0) is 29.0 Å². The number of ether oxygens (including phenoxy) is 1. The number of esters is 1. The van der Waals surface area contributed by atoms with E-state index >= 15 is 0 Å². The van der Waals surface area contributed by atoms with Crippen LogP contribution < -0.4 is 0 Å². The SMILES string of the molecule is CC1=C(C(=O)OC(C)(C)C)N2C(=O)/C(=C/C(C)=N/OC(=O)c3ccccc3Br)C2S(=O)(=O)C1. The van der Waals surface area contributed by atoms with E-state index in [1.165, 1.54) is 19.9 Å². The van der Waals surface area contributed by atoms with Gasteiger partial charge in [-0.15, -0.1) is 0 Å². The van der Waals surface area contributed by atoms with Gasteiger partial charge in [0.1, 0.15) is 11.3 Å². The summed E-state index contributed by atoms with van der Waals surface area (Å²) in [4.78, 5) is 43.5. The second kappa shape index (κ2) is 8.86. The highest BCUT2D eigenvalue weighted by molar-refractivity contribution is 9.10. The standard InChI is InChI=1S/C22H23BrN2O7S/c1-12-11-33(29,30)19-15(18(26)25(19)17(12)21(28)31-22(3,4)5)10-13(2)24-32-20(27)14-8-6-7-9-16(14)23/h6-10,19H,11H2,1-5H3/b15-10-,24-13+. The number of hydrogen-bond donors (Lipinski definition) is 0. The molecule has 11 heteroatoms. The number of rotatable bonds is 4. The van der Waals surface area contributed by atoms with E-state index in [1.807, 2.05) is 0 Å². The maximum atomic E-state index is 12.8. The average Bonchev–Trinajstić information content (AvgIpc) is 2.68. The van der Waals surface area contributed by atoms with Gasteiger partial charge in [0.25, 0.3) is 5.91 Å². The Morgan fingerprint density at radius 2 is 1.85 bits per heavy atom. The van der Waals surface area contributed by atoms with E-state index in [0.29, 0.717) is 4.47 Å². The van der Waals surface area contributed by atoms with Gasteiger partial charge in [-0.1, -0.05) is 17.3 Å². The molecule has 1 aromatic carbocycles. The Labute approximate surface area is 200 Å². The minimum Gasteiger partial charge on any atom is -0.455 e. The van der Waals surface area contributed by atoms with Crippen LogP contribution in [0.3, 0.4) is 0 Å². The van der Waals surface area contributed by atoms with Gasteiger partial charge in [-0.25, -0.2) is 18.0 Å². The number of carbonyl (C=O) groups excluding carboxylic acids is 3. The van der Waals surface area contributed by atoms with Gasteiger partial charge in [-0.05, 0) is 74.3 Å². The summed E-state index contributed by atoms with van der Waals surface area (Å²) in [6.45, 7) is 7.97. The number of nitrogens with zero attached hydrogens (tertiary/aromatic N) is 2. The van der Waals surface area contributed by atoms with E-state index in [4.69, 9.17) is 9.57 Å². The van der Waals surface area contributed by atoms with E-state index in [0.717, 1.165) is 4.90 Å². The fourth-order valence-corrected chi connectivity index (χ4v) is 5.85. The first-order chi connectivity index (χ1) is 15.2. The minimum absolute atomic E-state index is 0.0677. The largest absolute Gasteiger partial charge is 0.455 e. The molecule has 2 aliphatic rings. The summed E-state index contributed by atoms with van der Waals surface area (Å²) < 4.78 is 31.4. The van der Waals surface area contributed by atoms with E-state index in [-0.39, 0.29) is 33.9 Å². The molecule has 0 spiro atoms. The number of oxime groups is 1. The molecule has 1 unspecified atom stereocenters. The number of amides is 1. The highest BCUT2D eigenvalue weighted by Crippen LogP contribution is 2.40. The Morgan fingerprint density at radius 3 is 2.45 bits per heavy atom. The highest BCUT2D eigenvalue weighted by Gasteiger charge is 2.56. The summed E-state index contributed by atoms with van der Waals surface area (Å²) in [5.74, 6) is -2.53. The normalized spacial score (nSPS) is 21.5. The lowest BCUT2D eigenvalue weighted by Crippen LogP contribution is -2.62. The number of halogens is 1. The summed E-state index contributed by atoms with van der Waals surface area (Å²) in [7, 11) is -3.79. The van der Waals surface area contributed by atoms with E-state index in [9.17, 15) is 22.8 Å². The van der Waals surface area contributed by atoms with Crippen molar-refractivity contribution in [1.82, 2.24) is 4.90 Å². The molecule has 3 rings (SSSR count). The van der Waals surface area contributed by atoms with E-state index in [1.54, 1.807) is 45.0 Å². The Balaban J connectivity index is 1.86. The molecule has 0 aromatic heterocycles. The van der Waals surface area contributed by atoms with Crippen molar-refractivity contribution in [1.29, 1.82) is 0 Å². The molecule has 1 aromatic rings. The predicted octanol–water partition coefficient (Wildman–Crippen LogP) is 3.12. The molecule has 0 aliphatic carbocycles. The van der Waals surface area contributed by atoms with Gasteiger partial charge in [0.2, 0.25) is 0 Å². The summed E-state index contributed by atoms with van der Waals surface area (Å²) in [6.07, 6.45) is 1.24. The number of fused-ring (bicyclic) bond motifs is 1. The molecule has 1 saturated heterocycles. The van der Waals surface area contributed by atoms with Crippen molar-refractivity contribution >= 4 is 49.3 Å². The van der Waals surface area contributed by atoms with Gasteiger partial charge >= 0.3 is 11.9 Å². The fraction of sp³-hybridized carbons (Fsp3) is 0.364. The van der Waals surface area contributed by atoms with Crippen molar-refractivity contribution in [2.45, 2.75) is 45.6 Å². The topological polar surface area (TPSA) is 119 Å². The fourth-order valence-electron chi connectivity index (χ4n) is 3.42. The van der Waals surface area contributed by atoms with Crippen molar-refractivity contribution in [3.63, 3.8) is 0 Å². The summed E-state index contributed by atoms with van der Waals surface area (Å²) in [6, 6.07) is 6.61. The first-order valence-corrected chi connectivity index (χ1v) is 12.4. The van der Waals surface area contributed by atoms with Gasteiger partial charge in [0, 0.05) is 4.47 Å². The van der Waals surface area contributed by atoms with Gasteiger partial charge in [0.15, 0.2) is 15.2 Å². The molecule has 2 heterocycles. The third-order valence-electron chi connectivity index (χ3n) is 4.69. The molecule has 33 heavy (non-hydrogen) atoms. The van der Waals surface area contributed by atoms with Crippen molar-refractivity contribution in [3.8, 4) is 0 Å². The van der Waals surface area contributed by atoms with Crippen molar-refractivity contribution < 1.29 is 32.4 Å². The van der Waals surface area contributed by atoms with Crippen LogP contribution in [0.2, 0.25) is 0 Å². The Morgan fingerprint density at radius 1 is 1.21 bits per heavy atom. The minimum atomic E-state index is -3.79. The van der Waals surface area contributed by atoms with Crippen LogP contribution in [0.25, 0.3) is 0 Å². The Kier molecular flexibility index (Phi) is 6.67. The highest BCUT2D eigenvalue weighted by atomic mass is 79.9. The Hall–Kier alpha value is -2.79. The van der Waals surface area contributed by atoms with Crippen LogP contribution >= 0.6 is 15.9 Å². The van der Waals surface area contributed by atoms with Crippen molar-refractivity contribution in [2.75, 3.05) is 5.75 Å². The van der Waals surface area contributed by atoms with Crippen molar-refractivity contribution in [3.05, 3.63) is 57.2 Å². The maximum absolute atomic E-state index is 12.8. The van der Waals surface area contributed by atoms with Crippen LogP contribution in [0.5, 0.6) is 0 Å². The molecule has 0 radical (unpaired) electrons. The Bertz CT molecular complexity index is 1240. The van der Waals surface area contributed by atoms with Crippen LogP contribution in [-0.4, -0.2) is 53.6 Å².